The zero-order chi connectivity index (χ0) is 15.0. The number of nitrogens with zero attached hydrogens (tertiary/aromatic N) is 1. The van der Waals surface area contributed by atoms with Crippen LogP contribution in [-0.2, 0) is 0 Å². The molecule has 2 N–H and O–H groups in total. The molecular weight excluding hydrogens is 268 g/mol. The van der Waals surface area contributed by atoms with Gasteiger partial charge in [0.1, 0.15) is 0 Å². The quantitative estimate of drug-likeness (QED) is 0.922. The summed E-state index contributed by atoms with van der Waals surface area (Å²) < 4.78 is 10.5. The van der Waals surface area contributed by atoms with Crippen LogP contribution in [0.25, 0.3) is 0 Å². The molecule has 5 heteroatoms. The van der Waals surface area contributed by atoms with E-state index in [0.29, 0.717) is 29.1 Å². The Morgan fingerprint density at radius 3 is 2.33 bits per heavy atom. The summed E-state index contributed by atoms with van der Waals surface area (Å²) in [5.74, 6) is 1.30. The molecular formula is C16H22N2O3. The molecule has 2 fully saturated rings. The van der Waals surface area contributed by atoms with Crippen LogP contribution in [-0.4, -0.2) is 43.2 Å². The third kappa shape index (κ3) is 2.46. The molecule has 2 atom stereocenters. The van der Waals surface area contributed by atoms with Crippen molar-refractivity contribution in [1.82, 2.24) is 4.90 Å². The van der Waals surface area contributed by atoms with Gasteiger partial charge in [-0.15, -0.1) is 0 Å². The van der Waals surface area contributed by atoms with Crippen molar-refractivity contribution >= 4 is 5.91 Å². The van der Waals surface area contributed by atoms with E-state index in [4.69, 9.17) is 15.2 Å². The lowest BCUT2D eigenvalue weighted by atomic mass is 9.97. The smallest absolute Gasteiger partial charge is 0.254 e. The number of carbonyl (C=O) groups excluding carboxylic acids is 1. The Balaban J connectivity index is 1.86. The van der Waals surface area contributed by atoms with Gasteiger partial charge in [0.2, 0.25) is 0 Å². The van der Waals surface area contributed by atoms with Crippen LogP contribution in [0, 0.1) is 0 Å². The molecule has 0 radical (unpaired) electrons. The van der Waals surface area contributed by atoms with Crippen LogP contribution in [0.2, 0.25) is 0 Å². The average molecular weight is 290 g/mol. The topological polar surface area (TPSA) is 64.8 Å². The van der Waals surface area contributed by atoms with E-state index in [2.05, 4.69) is 0 Å². The van der Waals surface area contributed by atoms with Gasteiger partial charge in [-0.25, -0.2) is 0 Å². The normalized spacial score (nSPS) is 27.6. The number of piperidine rings is 1. The van der Waals surface area contributed by atoms with Gasteiger partial charge in [0.05, 0.1) is 14.2 Å². The molecule has 2 aliphatic heterocycles. The van der Waals surface area contributed by atoms with Crippen molar-refractivity contribution in [2.24, 2.45) is 5.73 Å². The average Bonchev–Trinajstić information content (AvgIpc) is 2.77. The Labute approximate surface area is 125 Å². The third-order valence-electron chi connectivity index (χ3n) is 4.63. The number of nitrogens with two attached hydrogens (primary N) is 1. The zero-order valence-corrected chi connectivity index (χ0v) is 12.5. The number of ether oxygens (including phenoxy) is 2. The maximum absolute atomic E-state index is 12.8. The van der Waals surface area contributed by atoms with E-state index in [-0.39, 0.29) is 11.9 Å². The second kappa shape index (κ2) is 5.56. The van der Waals surface area contributed by atoms with Crippen molar-refractivity contribution in [3.8, 4) is 11.5 Å². The molecule has 1 amide bonds. The van der Waals surface area contributed by atoms with E-state index in [0.717, 1.165) is 25.7 Å². The highest BCUT2D eigenvalue weighted by Gasteiger charge is 2.42. The molecule has 2 bridgehead atoms. The lowest BCUT2D eigenvalue weighted by Gasteiger charge is -2.37. The predicted octanol–water partition coefficient (Wildman–Crippen LogP) is 1.80. The largest absolute Gasteiger partial charge is 0.493 e. The van der Waals surface area contributed by atoms with Gasteiger partial charge in [-0.05, 0) is 43.9 Å². The zero-order valence-electron chi connectivity index (χ0n) is 12.5. The van der Waals surface area contributed by atoms with E-state index in [1.807, 2.05) is 4.90 Å². The second-order valence-electron chi connectivity index (χ2n) is 5.90. The van der Waals surface area contributed by atoms with Crippen molar-refractivity contribution in [3.63, 3.8) is 0 Å². The Hall–Kier alpha value is -1.75. The third-order valence-corrected chi connectivity index (χ3v) is 4.63. The minimum atomic E-state index is 0.0790. The molecule has 21 heavy (non-hydrogen) atoms. The highest BCUT2D eigenvalue weighted by atomic mass is 16.5. The van der Waals surface area contributed by atoms with Crippen molar-refractivity contribution in [3.05, 3.63) is 23.8 Å². The first kappa shape index (κ1) is 14.2. The van der Waals surface area contributed by atoms with Crippen LogP contribution in [0.4, 0.5) is 0 Å². The first-order valence-electron chi connectivity index (χ1n) is 7.44. The van der Waals surface area contributed by atoms with Crippen LogP contribution >= 0.6 is 0 Å². The molecule has 2 unspecified atom stereocenters. The Morgan fingerprint density at radius 2 is 1.76 bits per heavy atom. The van der Waals surface area contributed by atoms with Crippen LogP contribution in [0.15, 0.2) is 18.2 Å². The number of hydrogen-bond acceptors (Lipinski definition) is 4. The molecule has 2 saturated heterocycles. The predicted molar refractivity (Wildman–Crippen MR) is 79.7 cm³/mol. The number of rotatable bonds is 3. The second-order valence-corrected chi connectivity index (χ2v) is 5.90. The van der Waals surface area contributed by atoms with E-state index >= 15 is 0 Å². The number of benzene rings is 1. The Morgan fingerprint density at radius 1 is 1.14 bits per heavy atom. The minimum Gasteiger partial charge on any atom is -0.493 e. The molecule has 1 aromatic rings. The van der Waals surface area contributed by atoms with Crippen molar-refractivity contribution in [2.45, 2.75) is 43.8 Å². The van der Waals surface area contributed by atoms with Gasteiger partial charge in [0.15, 0.2) is 11.5 Å². The van der Waals surface area contributed by atoms with Gasteiger partial charge >= 0.3 is 0 Å². The maximum atomic E-state index is 12.8. The summed E-state index contributed by atoms with van der Waals surface area (Å²) in [5.41, 5.74) is 6.72. The number of carbonyl (C=O) groups is 1. The van der Waals surface area contributed by atoms with Crippen LogP contribution < -0.4 is 15.2 Å². The summed E-state index contributed by atoms with van der Waals surface area (Å²) >= 11 is 0. The van der Waals surface area contributed by atoms with Crippen LogP contribution in [0.5, 0.6) is 11.5 Å². The van der Waals surface area contributed by atoms with Gasteiger partial charge in [-0.2, -0.15) is 0 Å². The van der Waals surface area contributed by atoms with Crippen molar-refractivity contribution in [1.29, 1.82) is 0 Å². The van der Waals surface area contributed by atoms with E-state index in [9.17, 15) is 4.79 Å². The summed E-state index contributed by atoms with van der Waals surface area (Å²) in [7, 11) is 3.17. The number of methoxy groups -OCH3 is 2. The van der Waals surface area contributed by atoms with Gasteiger partial charge in [-0.3, -0.25) is 4.79 Å². The number of amides is 1. The molecule has 0 spiro atoms. The lowest BCUT2D eigenvalue weighted by molar-refractivity contribution is 0.0574. The molecule has 114 valence electrons. The van der Waals surface area contributed by atoms with E-state index < -0.39 is 0 Å². The highest BCUT2D eigenvalue weighted by Crippen LogP contribution is 2.37. The van der Waals surface area contributed by atoms with Crippen LogP contribution in [0.1, 0.15) is 36.0 Å². The summed E-state index contributed by atoms with van der Waals surface area (Å²) in [6.07, 6.45) is 3.96. The van der Waals surface area contributed by atoms with Crippen molar-refractivity contribution in [2.75, 3.05) is 14.2 Å². The number of fused-ring (bicyclic) bond motifs is 2. The van der Waals surface area contributed by atoms with Gasteiger partial charge in [0, 0.05) is 23.7 Å². The van der Waals surface area contributed by atoms with Gasteiger partial charge in [0.25, 0.3) is 5.91 Å². The standard InChI is InChI=1S/C16H22N2O3/c1-20-14-6-3-10(7-15(14)21-2)16(19)18-12-4-5-13(18)9-11(17)8-12/h3,6-7,11-13H,4-5,8-9,17H2,1-2H3. The fraction of sp³-hybridized carbons (Fsp3) is 0.562. The lowest BCUT2D eigenvalue weighted by Crippen LogP contribution is -2.50. The molecule has 2 heterocycles. The van der Waals surface area contributed by atoms with Gasteiger partial charge in [-0.1, -0.05) is 0 Å². The summed E-state index contributed by atoms with van der Waals surface area (Å²) in [6.45, 7) is 0. The fourth-order valence-corrected chi connectivity index (χ4v) is 3.67. The van der Waals surface area contributed by atoms with E-state index in [1.54, 1.807) is 32.4 Å². The molecule has 1 aromatic carbocycles. The maximum Gasteiger partial charge on any atom is 0.254 e. The summed E-state index contributed by atoms with van der Waals surface area (Å²) in [6, 6.07) is 6.16. The monoisotopic (exact) mass is 290 g/mol. The van der Waals surface area contributed by atoms with E-state index in [1.165, 1.54) is 0 Å². The SMILES string of the molecule is COc1ccc(C(=O)N2C3CCC2CC(N)C3)cc1OC. The first-order valence-corrected chi connectivity index (χ1v) is 7.44. The molecule has 0 aliphatic carbocycles. The fourth-order valence-electron chi connectivity index (χ4n) is 3.67. The molecule has 0 aromatic heterocycles. The van der Waals surface area contributed by atoms with Crippen molar-refractivity contribution < 1.29 is 14.3 Å². The summed E-state index contributed by atoms with van der Waals surface area (Å²) in [5, 5.41) is 0. The van der Waals surface area contributed by atoms with Crippen LogP contribution in [0.3, 0.4) is 0 Å². The minimum absolute atomic E-state index is 0.0790. The highest BCUT2D eigenvalue weighted by molar-refractivity contribution is 5.95. The molecule has 3 rings (SSSR count). The van der Waals surface area contributed by atoms with Gasteiger partial charge < -0.3 is 20.1 Å². The molecule has 2 aliphatic rings. The Bertz CT molecular complexity index is 532. The number of hydrogen-bond donors (Lipinski definition) is 1. The Kier molecular flexibility index (Phi) is 3.76. The first-order chi connectivity index (χ1) is 10.1. The molecule has 5 nitrogen and oxygen atoms in total. The summed E-state index contributed by atoms with van der Waals surface area (Å²) in [4.78, 5) is 14.9. The molecule has 0 saturated carbocycles.